The number of anilines is 1. The number of aryl methyl sites for hydroxylation is 1. The summed E-state index contributed by atoms with van der Waals surface area (Å²) in [5.74, 6) is 1.54. The fourth-order valence-electron chi connectivity index (χ4n) is 5.43. The maximum atomic E-state index is 13.1. The second-order valence-corrected chi connectivity index (χ2v) is 9.41. The van der Waals surface area contributed by atoms with Crippen molar-refractivity contribution in [3.63, 3.8) is 0 Å². The van der Waals surface area contributed by atoms with Crippen molar-refractivity contribution in [2.24, 2.45) is 11.8 Å². The van der Waals surface area contributed by atoms with Crippen molar-refractivity contribution in [1.29, 1.82) is 0 Å². The Bertz CT molecular complexity index is 728. The normalized spacial score (nSPS) is 27.9. The molecule has 1 amide bonds. The van der Waals surface area contributed by atoms with Gasteiger partial charge in [-0.25, -0.2) is 0 Å². The Kier molecular flexibility index (Phi) is 6.59. The summed E-state index contributed by atoms with van der Waals surface area (Å²) in [6.45, 7) is 11.7. The first-order valence-electron chi connectivity index (χ1n) is 11.7. The molecule has 4 nitrogen and oxygen atoms in total. The minimum atomic E-state index is 0.261. The molecule has 2 heterocycles. The average Bonchev–Trinajstić information content (AvgIpc) is 2.77. The fourth-order valence-corrected chi connectivity index (χ4v) is 5.43. The van der Waals surface area contributed by atoms with Gasteiger partial charge in [-0.15, -0.1) is 0 Å². The van der Waals surface area contributed by atoms with Crippen molar-refractivity contribution in [3.8, 4) is 0 Å². The van der Waals surface area contributed by atoms with E-state index in [1.807, 2.05) is 0 Å². The number of carbonyl (C=O) groups excluding carboxylic acids is 1. The topological polar surface area (TPSA) is 28.0 Å². The molecular weight excluding hydrogens is 358 g/mol. The molecule has 0 bridgehead atoms. The number of piperazine rings is 1. The number of benzene rings is 1. The zero-order valence-electron chi connectivity index (χ0n) is 18.3. The first-order valence-corrected chi connectivity index (χ1v) is 11.7. The second kappa shape index (κ2) is 9.34. The fraction of sp³-hybridized carbons (Fsp3) is 0.640. The van der Waals surface area contributed by atoms with Crippen LogP contribution >= 0.6 is 0 Å². The summed E-state index contributed by atoms with van der Waals surface area (Å²) in [6.07, 6.45) is 10.7. The van der Waals surface area contributed by atoms with E-state index < -0.39 is 0 Å². The van der Waals surface area contributed by atoms with E-state index in [0.29, 0.717) is 5.91 Å². The SMILES string of the molecule is Cc1cccc(N2CCN(C(=O)C3CC[NH+](C[C@@H]4CC=CCC4)CC3)CC2)c1C. The summed E-state index contributed by atoms with van der Waals surface area (Å²) in [6, 6.07) is 6.55. The van der Waals surface area contributed by atoms with E-state index in [1.165, 1.54) is 55.7 Å². The Balaban J connectivity index is 1.24. The lowest BCUT2D eigenvalue weighted by molar-refractivity contribution is -0.909. The molecule has 29 heavy (non-hydrogen) atoms. The monoisotopic (exact) mass is 396 g/mol. The second-order valence-electron chi connectivity index (χ2n) is 9.41. The smallest absolute Gasteiger partial charge is 0.226 e. The molecule has 2 saturated heterocycles. The molecule has 0 unspecified atom stereocenters. The van der Waals surface area contributed by atoms with Gasteiger partial charge in [-0.2, -0.15) is 0 Å². The first kappa shape index (κ1) is 20.5. The molecule has 2 aliphatic heterocycles. The van der Waals surface area contributed by atoms with E-state index in [1.54, 1.807) is 4.90 Å². The number of hydrogen-bond acceptors (Lipinski definition) is 2. The number of likely N-dealkylation sites (tertiary alicyclic amines) is 1. The van der Waals surface area contributed by atoms with Gasteiger partial charge in [0.05, 0.1) is 19.6 Å². The Hall–Kier alpha value is -1.81. The number of hydrogen-bond donors (Lipinski definition) is 1. The third kappa shape index (κ3) is 4.85. The number of amides is 1. The van der Waals surface area contributed by atoms with Crippen LogP contribution in [0.25, 0.3) is 0 Å². The van der Waals surface area contributed by atoms with E-state index >= 15 is 0 Å². The van der Waals surface area contributed by atoms with Crippen LogP contribution in [-0.2, 0) is 4.79 Å². The van der Waals surface area contributed by atoms with Crippen molar-refractivity contribution < 1.29 is 9.69 Å². The van der Waals surface area contributed by atoms with Gasteiger partial charge in [0.15, 0.2) is 0 Å². The number of nitrogens with one attached hydrogen (secondary N) is 1. The van der Waals surface area contributed by atoms with Crippen LogP contribution in [0.3, 0.4) is 0 Å². The molecule has 0 radical (unpaired) electrons. The summed E-state index contributed by atoms with van der Waals surface area (Å²) >= 11 is 0. The van der Waals surface area contributed by atoms with E-state index in [4.69, 9.17) is 0 Å². The predicted molar refractivity (Wildman–Crippen MR) is 119 cm³/mol. The van der Waals surface area contributed by atoms with Crippen LogP contribution in [-0.4, -0.2) is 56.6 Å². The Morgan fingerprint density at radius 3 is 2.48 bits per heavy atom. The highest BCUT2D eigenvalue weighted by Gasteiger charge is 2.33. The molecule has 0 saturated carbocycles. The zero-order valence-corrected chi connectivity index (χ0v) is 18.3. The lowest BCUT2D eigenvalue weighted by Crippen LogP contribution is -3.13. The highest BCUT2D eigenvalue weighted by Crippen LogP contribution is 2.25. The molecule has 1 N–H and O–H groups in total. The van der Waals surface area contributed by atoms with Gasteiger partial charge in [-0.05, 0) is 50.3 Å². The summed E-state index contributed by atoms with van der Waals surface area (Å²) in [4.78, 5) is 19.4. The molecule has 1 atom stereocenters. The van der Waals surface area contributed by atoms with E-state index in [0.717, 1.165) is 44.9 Å². The molecule has 0 spiro atoms. The molecule has 2 fully saturated rings. The van der Waals surface area contributed by atoms with Gasteiger partial charge in [-0.1, -0.05) is 24.3 Å². The molecular formula is C25H38N3O+. The van der Waals surface area contributed by atoms with E-state index in [2.05, 4.69) is 54.0 Å². The minimum Gasteiger partial charge on any atom is -0.368 e. The van der Waals surface area contributed by atoms with Crippen LogP contribution in [0.15, 0.2) is 30.4 Å². The molecule has 3 aliphatic rings. The van der Waals surface area contributed by atoms with Crippen LogP contribution < -0.4 is 9.80 Å². The summed E-state index contributed by atoms with van der Waals surface area (Å²) in [5, 5.41) is 0. The number of carbonyl (C=O) groups is 1. The lowest BCUT2D eigenvalue weighted by Gasteiger charge is -2.39. The molecule has 4 rings (SSSR count). The summed E-state index contributed by atoms with van der Waals surface area (Å²) < 4.78 is 0. The Morgan fingerprint density at radius 1 is 1.03 bits per heavy atom. The van der Waals surface area contributed by atoms with Gasteiger partial charge < -0.3 is 14.7 Å². The maximum absolute atomic E-state index is 13.1. The zero-order chi connectivity index (χ0) is 20.2. The van der Waals surface area contributed by atoms with Gasteiger partial charge in [0.1, 0.15) is 0 Å². The molecule has 4 heteroatoms. The van der Waals surface area contributed by atoms with Crippen LogP contribution in [0.5, 0.6) is 0 Å². The molecule has 1 aromatic rings. The van der Waals surface area contributed by atoms with Crippen LogP contribution in [0.4, 0.5) is 5.69 Å². The third-order valence-corrected chi connectivity index (χ3v) is 7.51. The highest BCUT2D eigenvalue weighted by molar-refractivity contribution is 5.79. The minimum absolute atomic E-state index is 0.261. The number of quaternary nitrogens is 1. The van der Waals surface area contributed by atoms with E-state index in [-0.39, 0.29) is 5.92 Å². The van der Waals surface area contributed by atoms with Gasteiger partial charge in [0, 0.05) is 56.5 Å². The largest absolute Gasteiger partial charge is 0.368 e. The average molecular weight is 397 g/mol. The number of piperidine rings is 1. The number of allylic oxidation sites excluding steroid dienone is 2. The Morgan fingerprint density at radius 2 is 1.79 bits per heavy atom. The first-order chi connectivity index (χ1) is 14.1. The van der Waals surface area contributed by atoms with Crippen molar-refractivity contribution in [3.05, 3.63) is 41.5 Å². The molecule has 1 aliphatic carbocycles. The third-order valence-electron chi connectivity index (χ3n) is 7.51. The van der Waals surface area contributed by atoms with Crippen LogP contribution in [0, 0.1) is 25.7 Å². The van der Waals surface area contributed by atoms with Gasteiger partial charge in [0.25, 0.3) is 0 Å². The quantitative estimate of drug-likeness (QED) is 0.793. The van der Waals surface area contributed by atoms with Gasteiger partial charge in [0.2, 0.25) is 5.91 Å². The van der Waals surface area contributed by atoms with Gasteiger partial charge >= 0.3 is 0 Å². The summed E-state index contributed by atoms with van der Waals surface area (Å²) in [5.41, 5.74) is 4.06. The van der Waals surface area contributed by atoms with E-state index in [9.17, 15) is 4.79 Å². The number of rotatable bonds is 4. The maximum Gasteiger partial charge on any atom is 0.226 e. The predicted octanol–water partition coefficient (Wildman–Crippen LogP) is 2.60. The standard InChI is InChI=1S/C25H37N3O/c1-20-7-6-10-24(21(20)2)27-15-17-28(18-16-27)25(29)23-11-13-26(14-12-23)19-22-8-4-3-5-9-22/h3-4,6-7,10,22-23H,5,8-9,11-19H2,1-2H3/p+1/t22-/m1/s1. The summed E-state index contributed by atoms with van der Waals surface area (Å²) in [7, 11) is 0. The lowest BCUT2D eigenvalue weighted by atomic mass is 9.91. The van der Waals surface area contributed by atoms with Crippen molar-refractivity contribution >= 4 is 11.6 Å². The Labute approximate surface area is 176 Å². The molecule has 158 valence electrons. The number of nitrogens with zero attached hydrogens (tertiary/aromatic N) is 2. The van der Waals surface area contributed by atoms with Crippen molar-refractivity contribution in [2.45, 2.75) is 46.0 Å². The van der Waals surface area contributed by atoms with Crippen molar-refractivity contribution in [1.82, 2.24) is 4.90 Å². The van der Waals surface area contributed by atoms with Gasteiger partial charge in [-0.3, -0.25) is 4.79 Å². The van der Waals surface area contributed by atoms with Crippen LogP contribution in [0.1, 0.15) is 43.2 Å². The highest BCUT2D eigenvalue weighted by atomic mass is 16.2. The molecule has 0 aromatic heterocycles. The van der Waals surface area contributed by atoms with Crippen LogP contribution in [0.2, 0.25) is 0 Å². The van der Waals surface area contributed by atoms with Crippen molar-refractivity contribution in [2.75, 3.05) is 50.7 Å². The molecule has 1 aromatic carbocycles.